The summed E-state index contributed by atoms with van der Waals surface area (Å²) in [6.45, 7) is 0. The van der Waals surface area contributed by atoms with Crippen molar-refractivity contribution in [2.45, 2.75) is 6.04 Å². The lowest BCUT2D eigenvalue weighted by Crippen LogP contribution is -2.29. The molecule has 28 heavy (non-hydrogen) atoms. The molecule has 1 aliphatic heterocycles. The molecular formula is C24H19NO3. The summed E-state index contributed by atoms with van der Waals surface area (Å²) in [4.78, 5) is 27.4. The molecule has 3 aromatic carbocycles. The number of hydrogen-bond donors (Lipinski definition) is 0. The van der Waals surface area contributed by atoms with Crippen LogP contribution in [0, 0.1) is 0 Å². The van der Waals surface area contributed by atoms with Gasteiger partial charge in [0.15, 0.2) is 0 Å². The van der Waals surface area contributed by atoms with Crippen LogP contribution in [0.15, 0.2) is 90.5 Å². The molecule has 0 N–H and O–H groups in total. The zero-order valence-corrected chi connectivity index (χ0v) is 15.4. The van der Waals surface area contributed by atoms with Crippen LogP contribution in [0.25, 0.3) is 6.08 Å². The standard InChI is InChI=1S/C24H19NO3/c1-28-20-14-12-18(13-15-20)22-21(16-17-8-4-2-5-9-17)23(26)24(27)25(22)19-10-6-3-7-11-19/h2-16,22H,1H3/b21-16-. The molecule has 0 aromatic heterocycles. The van der Waals surface area contributed by atoms with Crippen molar-refractivity contribution in [2.75, 3.05) is 12.0 Å². The summed E-state index contributed by atoms with van der Waals surface area (Å²) >= 11 is 0. The van der Waals surface area contributed by atoms with Gasteiger partial charge >= 0.3 is 0 Å². The van der Waals surface area contributed by atoms with Crippen molar-refractivity contribution >= 4 is 23.5 Å². The van der Waals surface area contributed by atoms with Crippen molar-refractivity contribution in [3.63, 3.8) is 0 Å². The molecule has 1 saturated heterocycles. The minimum absolute atomic E-state index is 0.463. The molecular weight excluding hydrogens is 350 g/mol. The third kappa shape index (κ3) is 3.21. The summed E-state index contributed by atoms with van der Waals surface area (Å²) in [5, 5.41) is 0. The van der Waals surface area contributed by atoms with Gasteiger partial charge in [0.2, 0.25) is 5.78 Å². The van der Waals surface area contributed by atoms with Crippen LogP contribution in [0.3, 0.4) is 0 Å². The van der Waals surface area contributed by atoms with E-state index in [2.05, 4.69) is 0 Å². The lowest BCUT2D eigenvalue weighted by Gasteiger charge is -2.25. The first kappa shape index (κ1) is 17.7. The molecule has 0 radical (unpaired) electrons. The van der Waals surface area contributed by atoms with Gasteiger partial charge in [-0.15, -0.1) is 0 Å². The number of benzene rings is 3. The van der Waals surface area contributed by atoms with Gasteiger partial charge in [-0.1, -0.05) is 60.7 Å². The van der Waals surface area contributed by atoms with Crippen LogP contribution in [0.1, 0.15) is 17.2 Å². The lowest BCUT2D eigenvalue weighted by atomic mass is 9.96. The highest BCUT2D eigenvalue weighted by molar-refractivity contribution is 6.51. The third-order valence-electron chi connectivity index (χ3n) is 4.82. The maximum absolute atomic E-state index is 12.9. The Morgan fingerprint density at radius 3 is 2.04 bits per heavy atom. The van der Waals surface area contributed by atoms with E-state index < -0.39 is 17.7 Å². The monoisotopic (exact) mass is 369 g/mol. The number of ether oxygens (including phenoxy) is 1. The molecule has 4 heteroatoms. The van der Waals surface area contributed by atoms with E-state index in [1.807, 2.05) is 84.9 Å². The van der Waals surface area contributed by atoms with Crippen molar-refractivity contribution in [1.82, 2.24) is 0 Å². The fourth-order valence-electron chi connectivity index (χ4n) is 3.46. The number of amides is 1. The van der Waals surface area contributed by atoms with E-state index in [0.29, 0.717) is 11.3 Å². The zero-order valence-electron chi connectivity index (χ0n) is 15.4. The number of anilines is 1. The first-order valence-corrected chi connectivity index (χ1v) is 9.02. The molecule has 0 saturated carbocycles. The van der Waals surface area contributed by atoms with Crippen molar-refractivity contribution in [3.8, 4) is 5.75 Å². The van der Waals surface area contributed by atoms with Crippen LogP contribution in [0.5, 0.6) is 5.75 Å². The first-order chi connectivity index (χ1) is 13.7. The fourth-order valence-corrected chi connectivity index (χ4v) is 3.46. The van der Waals surface area contributed by atoms with Crippen molar-refractivity contribution < 1.29 is 14.3 Å². The van der Waals surface area contributed by atoms with Gasteiger partial charge in [-0.25, -0.2) is 0 Å². The topological polar surface area (TPSA) is 46.6 Å². The Kier molecular flexibility index (Phi) is 4.77. The van der Waals surface area contributed by atoms with E-state index in [-0.39, 0.29) is 0 Å². The number of hydrogen-bond acceptors (Lipinski definition) is 3. The first-order valence-electron chi connectivity index (χ1n) is 9.02. The molecule has 1 amide bonds. The van der Waals surface area contributed by atoms with E-state index in [9.17, 15) is 9.59 Å². The summed E-state index contributed by atoms with van der Waals surface area (Å²) in [5.74, 6) is -0.276. The van der Waals surface area contributed by atoms with Crippen LogP contribution in [0.2, 0.25) is 0 Å². The minimum Gasteiger partial charge on any atom is -0.497 e. The number of Topliss-reactive ketones (excluding diaryl/α,β-unsaturated/α-hetero) is 1. The molecule has 0 aliphatic carbocycles. The second-order valence-corrected chi connectivity index (χ2v) is 6.53. The molecule has 3 aromatic rings. The SMILES string of the molecule is COc1ccc(C2/C(=C/c3ccccc3)C(=O)C(=O)N2c2ccccc2)cc1. The van der Waals surface area contributed by atoms with Crippen LogP contribution in [-0.4, -0.2) is 18.8 Å². The summed E-state index contributed by atoms with van der Waals surface area (Å²) in [6, 6.07) is 25.8. The maximum Gasteiger partial charge on any atom is 0.299 e. The number of rotatable bonds is 4. The number of para-hydroxylation sites is 1. The zero-order chi connectivity index (χ0) is 19.5. The number of methoxy groups -OCH3 is 1. The Labute approximate surface area is 163 Å². The van der Waals surface area contributed by atoms with Gasteiger partial charge in [-0.2, -0.15) is 0 Å². The highest BCUT2D eigenvalue weighted by Gasteiger charge is 2.44. The molecule has 4 rings (SSSR count). The van der Waals surface area contributed by atoms with Crippen molar-refractivity contribution in [2.24, 2.45) is 0 Å². The molecule has 138 valence electrons. The Morgan fingerprint density at radius 2 is 1.43 bits per heavy atom. The molecule has 0 bridgehead atoms. The largest absolute Gasteiger partial charge is 0.497 e. The van der Waals surface area contributed by atoms with Gasteiger partial charge in [0.1, 0.15) is 5.75 Å². The van der Waals surface area contributed by atoms with E-state index in [1.165, 1.54) is 0 Å². The second-order valence-electron chi connectivity index (χ2n) is 6.53. The van der Waals surface area contributed by atoms with Gasteiger partial charge in [-0.3, -0.25) is 14.5 Å². The highest BCUT2D eigenvalue weighted by atomic mass is 16.5. The Morgan fingerprint density at radius 1 is 0.821 bits per heavy atom. The van der Waals surface area contributed by atoms with Crippen LogP contribution >= 0.6 is 0 Å². The predicted molar refractivity (Wildman–Crippen MR) is 109 cm³/mol. The van der Waals surface area contributed by atoms with Crippen LogP contribution in [0.4, 0.5) is 5.69 Å². The van der Waals surface area contributed by atoms with Gasteiger partial charge in [-0.05, 0) is 41.5 Å². The second kappa shape index (κ2) is 7.53. The highest BCUT2D eigenvalue weighted by Crippen LogP contribution is 2.40. The van der Waals surface area contributed by atoms with Gasteiger partial charge in [0.25, 0.3) is 5.91 Å². The quantitative estimate of drug-likeness (QED) is 0.505. The van der Waals surface area contributed by atoms with Gasteiger partial charge in [0, 0.05) is 11.3 Å². The molecule has 1 fully saturated rings. The molecule has 4 nitrogen and oxygen atoms in total. The summed E-state index contributed by atoms with van der Waals surface area (Å²) in [5.41, 5.74) is 2.89. The van der Waals surface area contributed by atoms with Crippen molar-refractivity contribution in [1.29, 1.82) is 0 Å². The molecule has 0 spiro atoms. The maximum atomic E-state index is 12.9. The minimum atomic E-state index is -0.519. The average Bonchev–Trinajstić information content (AvgIpc) is 3.00. The number of ketones is 1. The Bertz CT molecular complexity index is 1020. The van der Waals surface area contributed by atoms with E-state index >= 15 is 0 Å². The number of carbonyl (C=O) groups excluding carboxylic acids is 2. The van der Waals surface area contributed by atoms with Crippen LogP contribution in [-0.2, 0) is 9.59 Å². The van der Waals surface area contributed by atoms with Gasteiger partial charge in [0.05, 0.1) is 13.2 Å². The Hall–Kier alpha value is -3.66. The molecule has 1 aliphatic rings. The van der Waals surface area contributed by atoms with E-state index in [1.54, 1.807) is 18.1 Å². The van der Waals surface area contributed by atoms with E-state index in [4.69, 9.17) is 4.74 Å². The van der Waals surface area contributed by atoms with Crippen LogP contribution < -0.4 is 9.64 Å². The number of carbonyl (C=O) groups is 2. The third-order valence-corrected chi connectivity index (χ3v) is 4.82. The van der Waals surface area contributed by atoms with Crippen molar-refractivity contribution in [3.05, 3.63) is 102 Å². The predicted octanol–water partition coefficient (Wildman–Crippen LogP) is 4.44. The average molecular weight is 369 g/mol. The summed E-state index contributed by atoms with van der Waals surface area (Å²) in [6.07, 6.45) is 1.80. The fraction of sp³-hybridized carbons (Fsp3) is 0.0833. The summed E-state index contributed by atoms with van der Waals surface area (Å²) < 4.78 is 5.25. The molecule has 1 unspecified atom stereocenters. The van der Waals surface area contributed by atoms with E-state index in [0.717, 1.165) is 16.9 Å². The molecule has 1 atom stereocenters. The Balaban J connectivity index is 1.87. The van der Waals surface area contributed by atoms with Gasteiger partial charge < -0.3 is 4.74 Å². The smallest absolute Gasteiger partial charge is 0.299 e. The summed E-state index contributed by atoms with van der Waals surface area (Å²) in [7, 11) is 1.61. The normalized spacial score (nSPS) is 18.0. The molecule has 1 heterocycles. The lowest BCUT2D eigenvalue weighted by molar-refractivity contribution is -0.132. The number of nitrogens with zero attached hydrogens (tertiary/aromatic N) is 1.